The van der Waals surface area contributed by atoms with Gasteiger partial charge in [0.15, 0.2) is 0 Å². The Morgan fingerprint density at radius 1 is 1.14 bits per heavy atom. The van der Waals surface area contributed by atoms with Crippen molar-refractivity contribution in [3.63, 3.8) is 0 Å². The van der Waals surface area contributed by atoms with Gasteiger partial charge in [0.05, 0.1) is 5.92 Å². The molecule has 82 valence electrons. The van der Waals surface area contributed by atoms with E-state index in [1.165, 1.54) is 6.92 Å². The molecule has 0 aromatic heterocycles. The fourth-order valence-corrected chi connectivity index (χ4v) is 2.93. The predicted molar refractivity (Wildman–Crippen MR) is 44.7 cm³/mol. The van der Waals surface area contributed by atoms with Crippen LogP contribution in [0, 0.1) is 17.8 Å². The van der Waals surface area contributed by atoms with Crippen molar-refractivity contribution in [3.05, 3.63) is 0 Å². The van der Waals surface area contributed by atoms with Gasteiger partial charge in [-0.2, -0.15) is 0 Å². The molecule has 2 aliphatic rings. The molecular formula is C10H14F4. The molecule has 0 bridgehead atoms. The molecule has 2 saturated carbocycles. The van der Waals surface area contributed by atoms with Crippen molar-refractivity contribution in [1.82, 2.24) is 0 Å². The lowest BCUT2D eigenvalue weighted by Gasteiger charge is -2.34. The first-order valence-corrected chi connectivity index (χ1v) is 5.10. The smallest absolute Gasteiger partial charge is 0.244 e. The molecule has 5 unspecified atom stereocenters. The van der Waals surface area contributed by atoms with Crippen LogP contribution in [0.2, 0.25) is 0 Å². The Balaban J connectivity index is 2.24. The summed E-state index contributed by atoms with van der Waals surface area (Å²) in [7, 11) is 0. The first kappa shape index (κ1) is 10.2. The van der Waals surface area contributed by atoms with Crippen LogP contribution in [-0.2, 0) is 0 Å². The second kappa shape index (κ2) is 3.11. The Hall–Kier alpha value is -0.280. The minimum absolute atomic E-state index is 0.102. The lowest BCUT2D eigenvalue weighted by molar-refractivity contribution is -0.123. The first-order chi connectivity index (χ1) is 6.44. The summed E-state index contributed by atoms with van der Waals surface area (Å²) < 4.78 is 53.3. The van der Waals surface area contributed by atoms with Crippen LogP contribution in [0.4, 0.5) is 17.6 Å². The summed E-state index contributed by atoms with van der Waals surface area (Å²) in [4.78, 5) is 0. The predicted octanol–water partition coefficient (Wildman–Crippen LogP) is 3.36. The van der Waals surface area contributed by atoms with Gasteiger partial charge in [0, 0.05) is 5.92 Å². The number of halogens is 4. The molecule has 0 amide bonds. The summed E-state index contributed by atoms with van der Waals surface area (Å²) in [6.07, 6.45) is -2.80. The number of hydrogen-bond donors (Lipinski definition) is 0. The topological polar surface area (TPSA) is 0 Å². The van der Waals surface area contributed by atoms with Gasteiger partial charge in [-0.25, -0.2) is 17.6 Å². The third-order valence-corrected chi connectivity index (χ3v) is 3.77. The number of rotatable bonds is 0. The van der Waals surface area contributed by atoms with Gasteiger partial charge in [-0.15, -0.1) is 0 Å². The van der Waals surface area contributed by atoms with Gasteiger partial charge in [0.2, 0.25) is 0 Å². The minimum Gasteiger partial charge on any atom is -0.244 e. The summed E-state index contributed by atoms with van der Waals surface area (Å²) in [6.45, 7) is 1.43. The van der Waals surface area contributed by atoms with E-state index in [0.29, 0.717) is 12.8 Å². The second-order valence-electron chi connectivity index (χ2n) is 4.63. The quantitative estimate of drug-likeness (QED) is 0.538. The summed E-state index contributed by atoms with van der Waals surface area (Å²) in [5.74, 6) is -5.52. The van der Waals surface area contributed by atoms with Crippen LogP contribution in [0.15, 0.2) is 0 Å². The molecule has 0 aromatic rings. The van der Waals surface area contributed by atoms with Gasteiger partial charge in [-0.05, 0) is 25.2 Å². The standard InChI is InChI=1S/C10H14F4/c1-5-4-6-2-3-7(11)9(12)8(6)10(5,13)14/h5-9H,2-4H2,1H3. The van der Waals surface area contributed by atoms with Crippen molar-refractivity contribution in [2.75, 3.05) is 0 Å². The van der Waals surface area contributed by atoms with E-state index in [9.17, 15) is 17.6 Å². The maximum Gasteiger partial charge on any atom is 0.256 e. The third kappa shape index (κ3) is 1.26. The summed E-state index contributed by atoms with van der Waals surface area (Å²) in [6, 6.07) is 0. The van der Waals surface area contributed by atoms with Gasteiger partial charge < -0.3 is 0 Å². The molecule has 0 saturated heterocycles. The van der Waals surface area contributed by atoms with Gasteiger partial charge in [0.25, 0.3) is 5.92 Å². The molecule has 2 aliphatic carbocycles. The number of fused-ring (bicyclic) bond motifs is 1. The molecule has 0 aromatic carbocycles. The highest BCUT2D eigenvalue weighted by Crippen LogP contribution is 2.55. The largest absolute Gasteiger partial charge is 0.256 e. The highest BCUT2D eigenvalue weighted by molar-refractivity contribution is 5.02. The zero-order chi connectivity index (χ0) is 10.5. The van der Waals surface area contributed by atoms with E-state index in [1.807, 2.05) is 0 Å². The maximum absolute atomic E-state index is 13.5. The molecule has 0 nitrogen and oxygen atoms in total. The van der Waals surface area contributed by atoms with E-state index < -0.39 is 30.1 Å². The van der Waals surface area contributed by atoms with Crippen molar-refractivity contribution in [2.24, 2.45) is 17.8 Å². The summed E-state index contributed by atoms with van der Waals surface area (Å²) in [5.41, 5.74) is 0. The molecule has 0 aliphatic heterocycles. The first-order valence-electron chi connectivity index (χ1n) is 5.10. The zero-order valence-corrected chi connectivity index (χ0v) is 8.02. The lowest BCUT2D eigenvalue weighted by atomic mass is 9.78. The van der Waals surface area contributed by atoms with E-state index in [4.69, 9.17) is 0 Å². The highest BCUT2D eigenvalue weighted by Gasteiger charge is 2.61. The van der Waals surface area contributed by atoms with Crippen molar-refractivity contribution >= 4 is 0 Å². The van der Waals surface area contributed by atoms with Gasteiger partial charge in [-0.1, -0.05) is 6.92 Å². The molecule has 0 heterocycles. The van der Waals surface area contributed by atoms with E-state index in [1.54, 1.807) is 0 Å². The Morgan fingerprint density at radius 3 is 2.43 bits per heavy atom. The Labute approximate surface area is 80.7 Å². The van der Waals surface area contributed by atoms with Gasteiger partial charge >= 0.3 is 0 Å². The Bertz CT molecular complexity index is 226. The average molecular weight is 210 g/mol. The number of hydrogen-bond acceptors (Lipinski definition) is 0. The van der Waals surface area contributed by atoms with Crippen LogP contribution in [0.1, 0.15) is 26.2 Å². The maximum atomic E-state index is 13.5. The average Bonchev–Trinajstić information content (AvgIpc) is 2.32. The van der Waals surface area contributed by atoms with E-state index in [2.05, 4.69) is 0 Å². The van der Waals surface area contributed by atoms with Crippen LogP contribution in [0.25, 0.3) is 0 Å². The summed E-state index contributed by atoms with van der Waals surface area (Å²) >= 11 is 0. The Kier molecular flexibility index (Phi) is 2.27. The second-order valence-corrected chi connectivity index (χ2v) is 4.63. The van der Waals surface area contributed by atoms with Crippen LogP contribution < -0.4 is 0 Å². The van der Waals surface area contributed by atoms with E-state index in [-0.39, 0.29) is 12.3 Å². The van der Waals surface area contributed by atoms with Gasteiger partial charge in [0.1, 0.15) is 12.3 Å². The van der Waals surface area contributed by atoms with Crippen molar-refractivity contribution in [3.8, 4) is 0 Å². The fourth-order valence-electron chi connectivity index (χ4n) is 2.93. The molecular weight excluding hydrogens is 196 g/mol. The number of alkyl halides is 4. The molecule has 0 N–H and O–H groups in total. The van der Waals surface area contributed by atoms with Crippen LogP contribution in [0.5, 0.6) is 0 Å². The molecule has 5 atom stereocenters. The third-order valence-electron chi connectivity index (χ3n) is 3.77. The molecule has 0 spiro atoms. The SMILES string of the molecule is CC1CC2CCC(F)C(F)C2C1(F)F. The minimum atomic E-state index is -3.02. The molecule has 4 heteroatoms. The molecule has 0 radical (unpaired) electrons. The van der Waals surface area contributed by atoms with E-state index in [0.717, 1.165) is 0 Å². The molecule has 2 fully saturated rings. The van der Waals surface area contributed by atoms with Crippen molar-refractivity contribution in [2.45, 2.75) is 44.5 Å². The van der Waals surface area contributed by atoms with Crippen molar-refractivity contribution in [1.29, 1.82) is 0 Å². The monoisotopic (exact) mass is 210 g/mol. The zero-order valence-electron chi connectivity index (χ0n) is 8.02. The lowest BCUT2D eigenvalue weighted by Crippen LogP contribution is -2.44. The summed E-state index contributed by atoms with van der Waals surface area (Å²) in [5, 5.41) is 0. The van der Waals surface area contributed by atoms with Crippen LogP contribution in [-0.4, -0.2) is 18.3 Å². The fraction of sp³-hybridized carbons (Fsp3) is 1.00. The van der Waals surface area contributed by atoms with Crippen molar-refractivity contribution < 1.29 is 17.6 Å². The van der Waals surface area contributed by atoms with Crippen LogP contribution in [0.3, 0.4) is 0 Å². The molecule has 2 rings (SSSR count). The van der Waals surface area contributed by atoms with Gasteiger partial charge in [-0.3, -0.25) is 0 Å². The molecule has 14 heavy (non-hydrogen) atoms. The van der Waals surface area contributed by atoms with Crippen LogP contribution >= 0.6 is 0 Å². The normalized spacial score (nSPS) is 51.6. The van der Waals surface area contributed by atoms with E-state index >= 15 is 0 Å². The highest BCUT2D eigenvalue weighted by atomic mass is 19.3. The Morgan fingerprint density at radius 2 is 1.79 bits per heavy atom.